The normalized spacial score (nSPS) is 13.1. The van der Waals surface area contributed by atoms with Crippen molar-refractivity contribution < 1.29 is 14.6 Å². The number of aliphatic hydroxyl groups excluding tert-OH is 1. The fourth-order valence-corrected chi connectivity index (χ4v) is 0.986. The Bertz CT molecular complexity index is 112. The van der Waals surface area contributed by atoms with E-state index >= 15 is 0 Å². The number of ether oxygens (including phenoxy) is 2. The van der Waals surface area contributed by atoms with E-state index in [4.69, 9.17) is 9.47 Å². The van der Waals surface area contributed by atoms with Crippen LogP contribution in [0.5, 0.6) is 0 Å². The highest BCUT2D eigenvalue weighted by molar-refractivity contribution is 4.57. The largest absolute Gasteiger partial charge is 0.389 e. The summed E-state index contributed by atoms with van der Waals surface area (Å²) in [5.41, 5.74) is 0. The van der Waals surface area contributed by atoms with E-state index in [1.807, 2.05) is 6.92 Å². The fourth-order valence-electron chi connectivity index (χ4n) is 0.986. The van der Waals surface area contributed by atoms with Crippen LogP contribution in [0.4, 0.5) is 0 Å². The summed E-state index contributed by atoms with van der Waals surface area (Å²) in [5, 5.41) is 12.5. The maximum atomic E-state index is 9.40. The highest BCUT2D eigenvalue weighted by atomic mass is 16.5. The van der Waals surface area contributed by atoms with E-state index < -0.39 is 6.10 Å². The highest BCUT2D eigenvalue weighted by Crippen LogP contribution is 1.85. The zero-order valence-electron chi connectivity index (χ0n) is 9.29. The van der Waals surface area contributed by atoms with Gasteiger partial charge in [-0.05, 0) is 19.9 Å². The average molecular weight is 205 g/mol. The second-order valence-electron chi connectivity index (χ2n) is 3.13. The molecular formula is C10H23NO3. The van der Waals surface area contributed by atoms with E-state index in [0.717, 1.165) is 13.0 Å². The third-order valence-electron chi connectivity index (χ3n) is 1.69. The molecule has 1 unspecified atom stereocenters. The molecule has 4 heteroatoms. The third-order valence-corrected chi connectivity index (χ3v) is 1.69. The predicted molar refractivity (Wildman–Crippen MR) is 56.5 cm³/mol. The van der Waals surface area contributed by atoms with Gasteiger partial charge in [0.15, 0.2) is 0 Å². The van der Waals surface area contributed by atoms with E-state index in [0.29, 0.717) is 33.0 Å². The molecule has 0 radical (unpaired) electrons. The topological polar surface area (TPSA) is 50.7 Å². The van der Waals surface area contributed by atoms with Crippen LogP contribution in [0.15, 0.2) is 0 Å². The Morgan fingerprint density at radius 1 is 1.21 bits per heavy atom. The van der Waals surface area contributed by atoms with E-state index in [1.165, 1.54) is 0 Å². The minimum Gasteiger partial charge on any atom is -0.389 e. The van der Waals surface area contributed by atoms with Crippen molar-refractivity contribution in [3.05, 3.63) is 0 Å². The van der Waals surface area contributed by atoms with Gasteiger partial charge >= 0.3 is 0 Å². The first-order valence-electron chi connectivity index (χ1n) is 5.35. The molecule has 0 aliphatic carbocycles. The van der Waals surface area contributed by atoms with Crippen LogP contribution in [0.25, 0.3) is 0 Å². The average Bonchev–Trinajstić information content (AvgIpc) is 2.18. The molecule has 0 aliphatic rings. The maximum absolute atomic E-state index is 9.40. The van der Waals surface area contributed by atoms with Crippen molar-refractivity contribution in [2.75, 3.05) is 39.5 Å². The minimum absolute atomic E-state index is 0.379. The van der Waals surface area contributed by atoms with Gasteiger partial charge in [-0.15, -0.1) is 0 Å². The van der Waals surface area contributed by atoms with Gasteiger partial charge in [0.1, 0.15) is 0 Å². The molecule has 0 saturated carbocycles. The van der Waals surface area contributed by atoms with Gasteiger partial charge in [-0.1, -0.05) is 6.92 Å². The molecule has 0 bridgehead atoms. The molecule has 0 spiro atoms. The summed E-state index contributed by atoms with van der Waals surface area (Å²) in [6.45, 7) is 7.83. The van der Waals surface area contributed by atoms with Crippen LogP contribution in [0.1, 0.15) is 20.3 Å². The van der Waals surface area contributed by atoms with Gasteiger partial charge in [-0.2, -0.15) is 0 Å². The summed E-state index contributed by atoms with van der Waals surface area (Å²) in [4.78, 5) is 0. The lowest BCUT2D eigenvalue weighted by molar-refractivity contribution is 0.00658. The van der Waals surface area contributed by atoms with Crippen molar-refractivity contribution in [3.63, 3.8) is 0 Å². The molecule has 2 N–H and O–H groups in total. The van der Waals surface area contributed by atoms with Crippen LogP contribution in [-0.4, -0.2) is 50.7 Å². The summed E-state index contributed by atoms with van der Waals surface area (Å²) in [7, 11) is 0. The van der Waals surface area contributed by atoms with Crippen molar-refractivity contribution >= 4 is 0 Å². The Balaban J connectivity index is 3.06. The Hall–Kier alpha value is -0.160. The number of hydrogen-bond donors (Lipinski definition) is 2. The Morgan fingerprint density at radius 3 is 2.57 bits per heavy atom. The number of hydrogen-bond acceptors (Lipinski definition) is 4. The van der Waals surface area contributed by atoms with Crippen molar-refractivity contribution in [1.29, 1.82) is 0 Å². The summed E-state index contributed by atoms with van der Waals surface area (Å²) < 4.78 is 10.3. The Kier molecular flexibility index (Phi) is 10.8. The number of nitrogens with one attached hydrogen (secondary N) is 1. The first-order valence-corrected chi connectivity index (χ1v) is 5.35. The molecule has 14 heavy (non-hydrogen) atoms. The molecule has 0 aromatic heterocycles. The van der Waals surface area contributed by atoms with Crippen molar-refractivity contribution in [1.82, 2.24) is 5.32 Å². The maximum Gasteiger partial charge on any atom is 0.0897 e. The van der Waals surface area contributed by atoms with Gasteiger partial charge in [0.2, 0.25) is 0 Å². The Morgan fingerprint density at radius 2 is 1.93 bits per heavy atom. The first kappa shape index (κ1) is 13.8. The molecule has 4 nitrogen and oxygen atoms in total. The Labute approximate surface area is 86.6 Å². The second kappa shape index (κ2) is 10.9. The van der Waals surface area contributed by atoms with Crippen LogP contribution >= 0.6 is 0 Å². The van der Waals surface area contributed by atoms with Gasteiger partial charge in [-0.25, -0.2) is 0 Å². The van der Waals surface area contributed by atoms with Gasteiger partial charge in [0, 0.05) is 13.2 Å². The molecule has 1 atom stereocenters. The van der Waals surface area contributed by atoms with Crippen molar-refractivity contribution in [3.8, 4) is 0 Å². The van der Waals surface area contributed by atoms with E-state index in [9.17, 15) is 5.11 Å². The molecule has 0 aromatic carbocycles. The first-order chi connectivity index (χ1) is 6.81. The minimum atomic E-state index is -0.414. The lowest BCUT2D eigenvalue weighted by Gasteiger charge is -2.11. The molecule has 86 valence electrons. The van der Waals surface area contributed by atoms with Crippen molar-refractivity contribution in [2.24, 2.45) is 0 Å². The van der Waals surface area contributed by atoms with E-state index in [1.54, 1.807) is 0 Å². The van der Waals surface area contributed by atoms with Crippen LogP contribution in [0.3, 0.4) is 0 Å². The quantitative estimate of drug-likeness (QED) is 0.507. The third kappa shape index (κ3) is 9.92. The highest BCUT2D eigenvalue weighted by Gasteiger charge is 2.02. The lowest BCUT2D eigenvalue weighted by Crippen LogP contribution is -2.31. The lowest BCUT2D eigenvalue weighted by atomic mass is 10.3. The van der Waals surface area contributed by atoms with Crippen LogP contribution in [-0.2, 0) is 9.47 Å². The van der Waals surface area contributed by atoms with E-state index in [2.05, 4.69) is 12.2 Å². The summed E-state index contributed by atoms with van der Waals surface area (Å²) in [6.07, 6.45) is 0.668. The molecule has 0 fully saturated rings. The van der Waals surface area contributed by atoms with Crippen LogP contribution in [0.2, 0.25) is 0 Å². The van der Waals surface area contributed by atoms with Gasteiger partial charge in [0.25, 0.3) is 0 Å². The molecule has 0 saturated heterocycles. The summed E-state index contributed by atoms with van der Waals surface area (Å²) in [5.74, 6) is 0. The SMILES string of the molecule is CCCNCC(O)COCCOCC. The second-order valence-corrected chi connectivity index (χ2v) is 3.13. The fraction of sp³-hybridized carbons (Fsp3) is 1.00. The molecule has 0 amide bonds. The van der Waals surface area contributed by atoms with Crippen LogP contribution < -0.4 is 5.32 Å². The zero-order chi connectivity index (χ0) is 10.6. The van der Waals surface area contributed by atoms with E-state index in [-0.39, 0.29) is 0 Å². The molecular weight excluding hydrogens is 182 g/mol. The zero-order valence-corrected chi connectivity index (χ0v) is 9.29. The molecule has 0 aliphatic heterocycles. The molecule has 0 aromatic rings. The number of aliphatic hydroxyl groups is 1. The summed E-state index contributed by atoms with van der Waals surface area (Å²) in [6, 6.07) is 0. The van der Waals surface area contributed by atoms with Crippen molar-refractivity contribution in [2.45, 2.75) is 26.4 Å². The monoisotopic (exact) mass is 205 g/mol. The number of rotatable bonds is 10. The van der Waals surface area contributed by atoms with Gasteiger partial charge < -0.3 is 19.9 Å². The smallest absolute Gasteiger partial charge is 0.0897 e. The standard InChI is InChI=1S/C10H23NO3/c1-3-5-11-8-10(12)9-14-7-6-13-4-2/h10-12H,3-9H2,1-2H3. The van der Waals surface area contributed by atoms with Gasteiger partial charge in [-0.3, -0.25) is 0 Å². The molecule has 0 heterocycles. The molecule has 0 rings (SSSR count). The predicted octanol–water partition coefficient (Wildman–Crippen LogP) is 0.400. The van der Waals surface area contributed by atoms with Gasteiger partial charge in [0.05, 0.1) is 25.9 Å². The summed E-state index contributed by atoms with van der Waals surface area (Å²) >= 11 is 0. The van der Waals surface area contributed by atoms with Crippen LogP contribution in [0, 0.1) is 0 Å².